The van der Waals surface area contributed by atoms with Gasteiger partial charge < -0.3 is 5.32 Å². The van der Waals surface area contributed by atoms with E-state index in [1.807, 2.05) is 13.0 Å². The number of anilines is 1. The molecule has 104 valence electrons. The van der Waals surface area contributed by atoms with E-state index in [0.717, 1.165) is 11.8 Å². The predicted octanol–water partition coefficient (Wildman–Crippen LogP) is 2.65. The maximum absolute atomic E-state index is 12.1. The highest BCUT2D eigenvalue weighted by molar-refractivity contribution is 7.90. The second-order valence-electron chi connectivity index (χ2n) is 4.59. The van der Waals surface area contributed by atoms with Gasteiger partial charge in [-0.05, 0) is 31.2 Å². The van der Waals surface area contributed by atoms with E-state index in [1.165, 1.54) is 6.07 Å². The zero-order chi connectivity index (χ0) is 14.8. The van der Waals surface area contributed by atoms with E-state index in [2.05, 4.69) is 5.32 Å². The highest BCUT2D eigenvalue weighted by atomic mass is 32.2. The summed E-state index contributed by atoms with van der Waals surface area (Å²) in [6.45, 7) is 1.89. The van der Waals surface area contributed by atoms with Gasteiger partial charge in [-0.2, -0.15) is 0 Å². The number of sulfone groups is 1. The average Bonchev–Trinajstić information content (AvgIpc) is 2.38. The molecule has 1 N–H and O–H groups in total. The predicted molar refractivity (Wildman–Crippen MR) is 78.7 cm³/mol. The van der Waals surface area contributed by atoms with Crippen molar-refractivity contribution in [1.82, 2.24) is 0 Å². The Hall–Kier alpha value is -2.14. The van der Waals surface area contributed by atoms with Crippen molar-refractivity contribution in [2.75, 3.05) is 11.6 Å². The molecule has 2 aromatic carbocycles. The summed E-state index contributed by atoms with van der Waals surface area (Å²) in [5.74, 6) is -0.329. The van der Waals surface area contributed by atoms with Crippen LogP contribution in [0.5, 0.6) is 0 Å². The second kappa shape index (κ2) is 5.46. The van der Waals surface area contributed by atoms with Crippen molar-refractivity contribution >= 4 is 21.4 Å². The van der Waals surface area contributed by atoms with Crippen molar-refractivity contribution in [2.45, 2.75) is 11.8 Å². The standard InChI is InChI=1S/C15H15NO3S/c1-11-6-5-7-12(10-11)15(17)16-13-8-3-4-9-14(13)20(2,18)19/h3-10H,1-2H3,(H,16,17). The zero-order valence-corrected chi connectivity index (χ0v) is 12.1. The molecule has 0 saturated heterocycles. The topological polar surface area (TPSA) is 63.2 Å². The van der Waals surface area contributed by atoms with Gasteiger partial charge in [-0.25, -0.2) is 8.42 Å². The van der Waals surface area contributed by atoms with Crippen LogP contribution in [0.15, 0.2) is 53.4 Å². The maximum atomic E-state index is 12.1. The van der Waals surface area contributed by atoms with E-state index in [4.69, 9.17) is 0 Å². The van der Waals surface area contributed by atoms with E-state index in [1.54, 1.807) is 36.4 Å². The van der Waals surface area contributed by atoms with Gasteiger partial charge in [-0.15, -0.1) is 0 Å². The Morgan fingerprint density at radius 2 is 1.75 bits per heavy atom. The van der Waals surface area contributed by atoms with Crippen molar-refractivity contribution in [3.8, 4) is 0 Å². The van der Waals surface area contributed by atoms with Gasteiger partial charge in [0.25, 0.3) is 5.91 Å². The van der Waals surface area contributed by atoms with Crippen LogP contribution in [0.4, 0.5) is 5.69 Å². The van der Waals surface area contributed by atoms with Gasteiger partial charge in [0.05, 0.1) is 10.6 Å². The summed E-state index contributed by atoms with van der Waals surface area (Å²) >= 11 is 0. The first-order valence-electron chi connectivity index (χ1n) is 6.05. The van der Waals surface area contributed by atoms with Crippen LogP contribution in [-0.4, -0.2) is 20.6 Å². The lowest BCUT2D eigenvalue weighted by atomic mass is 10.1. The van der Waals surface area contributed by atoms with Gasteiger partial charge in [0.2, 0.25) is 0 Å². The summed E-state index contributed by atoms with van der Waals surface area (Å²) in [6.07, 6.45) is 1.12. The van der Waals surface area contributed by atoms with E-state index < -0.39 is 9.84 Å². The van der Waals surface area contributed by atoms with Crippen molar-refractivity contribution in [2.24, 2.45) is 0 Å². The molecule has 0 fully saturated rings. The molecule has 0 spiro atoms. The molecule has 0 aliphatic heterocycles. The van der Waals surface area contributed by atoms with Crippen molar-refractivity contribution in [3.63, 3.8) is 0 Å². The molecule has 0 aliphatic carbocycles. The van der Waals surface area contributed by atoms with Crippen LogP contribution in [0.1, 0.15) is 15.9 Å². The summed E-state index contributed by atoms with van der Waals surface area (Å²) in [4.78, 5) is 12.3. The molecule has 0 saturated carbocycles. The van der Waals surface area contributed by atoms with Crippen molar-refractivity contribution < 1.29 is 13.2 Å². The Morgan fingerprint density at radius 3 is 2.40 bits per heavy atom. The number of rotatable bonds is 3. The second-order valence-corrected chi connectivity index (χ2v) is 6.58. The van der Waals surface area contributed by atoms with E-state index in [-0.39, 0.29) is 10.8 Å². The monoisotopic (exact) mass is 289 g/mol. The lowest BCUT2D eigenvalue weighted by molar-refractivity contribution is 0.102. The third-order valence-electron chi connectivity index (χ3n) is 2.81. The Labute approximate surface area is 118 Å². The SMILES string of the molecule is Cc1cccc(C(=O)Nc2ccccc2S(C)(=O)=O)c1. The molecule has 0 aliphatic rings. The number of nitrogens with one attached hydrogen (secondary N) is 1. The van der Waals surface area contributed by atoms with Crippen molar-refractivity contribution in [3.05, 3.63) is 59.7 Å². The van der Waals surface area contributed by atoms with Crippen molar-refractivity contribution in [1.29, 1.82) is 0 Å². The molecule has 0 aromatic heterocycles. The molecule has 5 heteroatoms. The summed E-state index contributed by atoms with van der Waals surface area (Å²) in [7, 11) is -3.38. The third kappa shape index (κ3) is 3.24. The minimum atomic E-state index is -3.38. The van der Waals surface area contributed by atoms with E-state index in [0.29, 0.717) is 11.3 Å². The normalized spacial score (nSPS) is 11.1. The quantitative estimate of drug-likeness (QED) is 0.944. The number of carbonyl (C=O) groups excluding carboxylic acids is 1. The molecule has 0 radical (unpaired) electrons. The zero-order valence-electron chi connectivity index (χ0n) is 11.3. The Bertz CT molecular complexity index is 751. The Balaban J connectivity index is 2.34. The summed E-state index contributed by atoms with van der Waals surface area (Å²) < 4.78 is 23.3. The number of para-hydroxylation sites is 1. The Kier molecular flexibility index (Phi) is 3.90. The summed E-state index contributed by atoms with van der Waals surface area (Å²) in [5.41, 5.74) is 1.75. The highest BCUT2D eigenvalue weighted by Gasteiger charge is 2.15. The molecule has 0 heterocycles. The fourth-order valence-corrected chi connectivity index (χ4v) is 2.72. The lowest BCUT2D eigenvalue weighted by Crippen LogP contribution is -2.14. The number of carbonyl (C=O) groups is 1. The molecule has 20 heavy (non-hydrogen) atoms. The van der Waals surface area contributed by atoms with Gasteiger partial charge in [-0.1, -0.05) is 29.8 Å². The van der Waals surface area contributed by atoms with Crippen LogP contribution in [0.3, 0.4) is 0 Å². The van der Waals surface area contributed by atoms with Gasteiger partial charge in [-0.3, -0.25) is 4.79 Å². The van der Waals surface area contributed by atoms with E-state index >= 15 is 0 Å². The third-order valence-corrected chi connectivity index (χ3v) is 3.97. The molecule has 2 aromatic rings. The molecular weight excluding hydrogens is 274 g/mol. The number of hydrogen-bond acceptors (Lipinski definition) is 3. The fraction of sp³-hybridized carbons (Fsp3) is 0.133. The lowest BCUT2D eigenvalue weighted by Gasteiger charge is -2.10. The first-order valence-corrected chi connectivity index (χ1v) is 7.94. The minimum absolute atomic E-state index is 0.112. The largest absolute Gasteiger partial charge is 0.321 e. The van der Waals surface area contributed by atoms with Crippen LogP contribution in [0.2, 0.25) is 0 Å². The van der Waals surface area contributed by atoms with Crippen LogP contribution >= 0.6 is 0 Å². The molecule has 4 nitrogen and oxygen atoms in total. The fourth-order valence-electron chi connectivity index (χ4n) is 1.87. The molecule has 0 unspecified atom stereocenters. The molecule has 2 rings (SSSR count). The highest BCUT2D eigenvalue weighted by Crippen LogP contribution is 2.21. The molecular formula is C15H15NO3S. The van der Waals surface area contributed by atoms with Gasteiger partial charge in [0, 0.05) is 11.8 Å². The first-order chi connectivity index (χ1) is 9.38. The number of amides is 1. The van der Waals surface area contributed by atoms with Crippen LogP contribution in [0.25, 0.3) is 0 Å². The maximum Gasteiger partial charge on any atom is 0.255 e. The molecule has 0 bridgehead atoms. The molecule has 1 amide bonds. The van der Waals surface area contributed by atoms with Gasteiger partial charge in [0.15, 0.2) is 9.84 Å². The molecule has 0 atom stereocenters. The van der Waals surface area contributed by atoms with Crippen LogP contribution < -0.4 is 5.32 Å². The minimum Gasteiger partial charge on any atom is -0.321 e. The number of benzene rings is 2. The van der Waals surface area contributed by atoms with E-state index in [9.17, 15) is 13.2 Å². The number of aryl methyl sites for hydroxylation is 1. The van der Waals surface area contributed by atoms with Gasteiger partial charge >= 0.3 is 0 Å². The smallest absolute Gasteiger partial charge is 0.255 e. The van der Waals surface area contributed by atoms with Gasteiger partial charge in [0.1, 0.15) is 0 Å². The van der Waals surface area contributed by atoms with Crippen LogP contribution in [0, 0.1) is 6.92 Å². The average molecular weight is 289 g/mol. The number of hydrogen-bond donors (Lipinski definition) is 1. The Morgan fingerprint density at radius 1 is 1.05 bits per heavy atom. The summed E-state index contributed by atoms with van der Waals surface area (Å²) in [5, 5.41) is 2.64. The summed E-state index contributed by atoms with van der Waals surface area (Å²) in [6, 6.07) is 13.5. The first kappa shape index (κ1) is 14.3. The van der Waals surface area contributed by atoms with Crippen LogP contribution in [-0.2, 0) is 9.84 Å².